The molecule has 9 heteroatoms. The molecule has 0 aliphatic heterocycles. The van der Waals surface area contributed by atoms with Gasteiger partial charge in [0, 0.05) is 10.5 Å². The molecular formula is C12H6BrClN2O5. The Morgan fingerprint density at radius 2 is 1.81 bits per heavy atom. The first-order valence-corrected chi connectivity index (χ1v) is 6.61. The highest BCUT2D eigenvalue weighted by atomic mass is 79.9. The summed E-state index contributed by atoms with van der Waals surface area (Å²) < 4.78 is 5.78. The minimum atomic E-state index is -0.677. The molecule has 108 valence electrons. The van der Waals surface area contributed by atoms with Crippen LogP contribution in [0.3, 0.4) is 0 Å². The number of rotatable bonds is 4. The largest absolute Gasteiger partial charge is 0.450 e. The van der Waals surface area contributed by atoms with Crippen molar-refractivity contribution < 1.29 is 14.6 Å². The number of non-ortho nitro benzene ring substituents is 1. The third kappa shape index (κ3) is 3.47. The second-order valence-corrected chi connectivity index (χ2v) is 5.17. The lowest BCUT2D eigenvalue weighted by Crippen LogP contribution is -1.95. The summed E-state index contributed by atoms with van der Waals surface area (Å²) in [5.74, 6) is -0.0126. The van der Waals surface area contributed by atoms with Crippen LogP contribution in [0.5, 0.6) is 11.5 Å². The van der Waals surface area contributed by atoms with E-state index >= 15 is 0 Å². The summed E-state index contributed by atoms with van der Waals surface area (Å²) in [6, 6.07) is 8.11. The van der Waals surface area contributed by atoms with Gasteiger partial charge in [0.1, 0.15) is 10.8 Å². The monoisotopic (exact) mass is 372 g/mol. The molecule has 0 fully saturated rings. The first kappa shape index (κ1) is 15.2. The van der Waals surface area contributed by atoms with Gasteiger partial charge in [-0.3, -0.25) is 20.2 Å². The Morgan fingerprint density at radius 3 is 2.43 bits per heavy atom. The first-order valence-electron chi connectivity index (χ1n) is 5.44. The van der Waals surface area contributed by atoms with E-state index in [1.807, 2.05) is 0 Å². The van der Waals surface area contributed by atoms with Crippen molar-refractivity contribution in [3.05, 3.63) is 66.1 Å². The van der Waals surface area contributed by atoms with Crippen molar-refractivity contribution in [2.45, 2.75) is 0 Å². The van der Waals surface area contributed by atoms with Crippen molar-refractivity contribution in [3.63, 3.8) is 0 Å². The number of ether oxygens (including phenoxy) is 1. The Hall–Kier alpha value is -2.19. The minimum Gasteiger partial charge on any atom is -0.450 e. The fraction of sp³-hybridized carbons (Fsp3) is 0. The quantitative estimate of drug-likeness (QED) is 0.571. The lowest BCUT2D eigenvalue weighted by atomic mass is 10.3. The maximum absolute atomic E-state index is 11.0. The van der Waals surface area contributed by atoms with E-state index in [0.29, 0.717) is 4.47 Å². The van der Waals surface area contributed by atoms with Gasteiger partial charge in [-0.05, 0) is 18.2 Å². The summed E-state index contributed by atoms with van der Waals surface area (Å²) in [7, 11) is 0. The van der Waals surface area contributed by atoms with Gasteiger partial charge in [0.05, 0.1) is 15.9 Å². The lowest BCUT2D eigenvalue weighted by molar-refractivity contribution is -0.385. The van der Waals surface area contributed by atoms with Crippen LogP contribution in [0.1, 0.15) is 0 Å². The summed E-state index contributed by atoms with van der Waals surface area (Å²) in [5.41, 5.74) is -0.606. The van der Waals surface area contributed by atoms with Gasteiger partial charge in [0.2, 0.25) is 5.75 Å². The van der Waals surface area contributed by atoms with E-state index in [1.54, 1.807) is 0 Å². The molecular weight excluding hydrogens is 367 g/mol. The van der Waals surface area contributed by atoms with Crippen LogP contribution in [-0.4, -0.2) is 9.85 Å². The highest BCUT2D eigenvalue weighted by Crippen LogP contribution is 2.38. The molecule has 0 spiro atoms. The SMILES string of the molecule is O=[N+]([O-])c1cc(Br)cc(Oc2cccc(Cl)c2[N+](=O)[O-])c1. The van der Waals surface area contributed by atoms with E-state index in [2.05, 4.69) is 15.9 Å². The van der Waals surface area contributed by atoms with Crippen molar-refractivity contribution in [1.82, 2.24) is 0 Å². The van der Waals surface area contributed by atoms with E-state index in [0.717, 1.165) is 6.07 Å². The zero-order valence-corrected chi connectivity index (χ0v) is 12.5. The third-order valence-electron chi connectivity index (χ3n) is 2.43. The van der Waals surface area contributed by atoms with Gasteiger partial charge in [0.15, 0.2) is 0 Å². The molecule has 0 saturated carbocycles. The van der Waals surface area contributed by atoms with Crippen LogP contribution in [0, 0.1) is 20.2 Å². The molecule has 0 aliphatic rings. The Kier molecular flexibility index (Phi) is 4.39. The van der Waals surface area contributed by atoms with E-state index in [-0.39, 0.29) is 22.2 Å². The highest BCUT2D eigenvalue weighted by Gasteiger charge is 2.21. The average Bonchev–Trinajstić information content (AvgIpc) is 2.37. The number of para-hydroxylation sites is 1. The predicted molar refractivity (Wildman–Crippen MR) is 79.0 cm³/mol. The molecule has 2 rings (SSSR count). The molecule has 0 unspecified atom stereocenters. The zero-order chi connectivity index (χ0) is 15.6. The number of hydrogen-bond donors (Lipinski definition) is 0. The van der Waals surface area contributed by atoms with Crippen LogP contribution in [0.25, 0.3) is 0 Å². The Morgan fingerprint density at radius 1 is 1.10 bits per heavy atom. The van der Waals surface area contributed by atoms with Crippen molar-refractivity contribution in [1.29, 1.82) is 0 Å². The maximum atomic E-state index is 11.0. The highest BCUT2D eigenvalue weighted by molar-refractivity contribution is 9.10. The average molecular weight is 374 g/mol. The summed E-state index contributed by atoms with van der Waals surface area (Å²) in [4.78, 5) is 20.5. The van der Waals surface area contributed by atoms with Gasteiger partial charge >= 0.3 is 5.69 Å². The summed E-state index contributed by atoms with van der Waals surface area (Å²) in [6.07, 6.45) is 0. The number of nitro benzene ring substituents is 2. The Bertz CT molecular complexity index is 738. The summed E-state index contributed by atoms with van der Waals surface area (Å²) in [5, 5.41) is 21.7. The van der Waals surface area contributed by atoms with E-state index in [1.165, 1.54) is 30.3 Å². The number of nitro groups is 2. The second kappa shape index (κ2) is 6.06. The van der Waals surface area contributed by atoms with E-state index in [9.17, 15) is 20.2 Å². The van der Waals surface area contributed by atoms with Gasteiger partial charge in [0.25, 0.3) is 5.69 Å². The van der Waals surface area contributed by atoms with Crippen LogP contribution in [0.15, 0.2) is 40.9 Å². The van der Waals surface area contributed by atoms with Crippen molar-refractivity contribution in [2.75, 3.05) is 0 Å². The molecule has 0 radical (unpaired) electrons. The standard InChI is InChI=1S/C12H6BrClN2O5/c13-7-4-8(15(17)18)6-9(5-7)21-11-3-1-2-10(14)12(11)16(19)20/h1-6H. The second-order valence-electron chi connectivity index (χ2n) is 3.85. The topological polar surface area (TPSA) is 95.5 Å². The third-order valence-corrected chi connectivity index (χ3v) is 3.19. The van der Waals surface area contributed by atoms with Crippen LogP contribution in [0.2, 0.25) is 5.02 Å². The van der Waals surface area contributed by atoms with E-state index in [4.69, 9.17) is 16.3 Å². The van der Waals surface area contributed by atoms with E-state index < -0.39 is 15.5 Å². The van der Waals surface area contributed by atoms with Gasteiger partial charge in [-0.2, -0.15) is 0 Å². The molecule has 0 saturated heterocycles. The van der Waals surface area contributed by atoms with Crippen molar-refractivity contribution in [2.24, 2.45) is 0 Å². The molecule has 0 atom stereocenters. The number of halogens is 2. The van der Waals surface area contributed by atoms with Crippen LogP contribution >= 0.6 is 27.5 Å². The molecule has 0 amide bonds. The molecule has 0 aromatic heterocycles. The molecule has 0 heterocycles. The number of nitrogens with zero attached hydrogens (tertiary/aromatic N) is 2. The molecule has 2 aromatic carbocycles. The Balaban J connectivity index is 2.46. The fourth-order valence-electron chi connectivity index (χ4n) is 1.59. The molecule has 2 aromatic rings. The molecule has 0 aliphatic carbocycles. The normalized spacial score (nSPS) is 10.2. The van der Waals surface area contributed by atoms with Crippen molar-refractivity contribution >= 4 is 38.9 Å². The van der Waals surface area contributed by atoms with Gasteiger partial charge in [-0.25, -0.2) is 0 Å². The minimum absolute atomic E-state index is 0.0815. The molecule has 7 nitrogen and oxygen atoms in total. The summed E-state index contributed by atoms with van der Waals surface area (Å²) >= 11 is 8.88. The van der Waals surface area contributed by atoms with Gasteiger partial charge in [-0.1, -0.05) is 33.6 Å². The Labute approximate surface area is 131 Å². The maximum Gasteiger partial charge on any atom is 0.329 e. The van der Waals surface area contributed by atoms with Crippen molar-refractivity contribution in [3.8, 4) is 11.5 Å². The number of benzene rings is 2. The lowest BCUT2D eigenvalue weighted by Gasteiger charge is -2.07. The smallest absolute Gasteiger partial charge is 0.329 e. The number of hydrogen-bond acceptors (Lipinski definition) is 5. The zero-order valence-electron chi connectivity index (χ0n) is 10.2. The molecule has 0 N–H and O–H groups in total. The van der Waals surface area contributed by atoms with Gasteiger partial charge in [-0.15, -0.1) is 0 Å². The van der Waals surface area contributed by atoms with Crippen LogP contribution < -0.4 is 4.74 Å². The molecule has 21 heavy (non-hydrogen) atoms. The summed E-state index contributed by atoms with van der Waals surface area (Å²) in [6.45, 7) is 0. The first-order chi connectivity index (χ1) is 9.88. The van der Waals surface area contributed by atoms with Crippen LogP contribution in [-0.2, 0) is 0 Å². The van der Waals surface area contributed by atoms with Gasteiger partial charge < -0.3 is 4.74 Å². The predicted octanol–water partition coefficient (Wildman–Crippen LogP) is 4.71. The fourth-order valence-corrected chi connectivity index (χ4v) is 2.29. The van der Waals surface area contributed by atoms with Crippen LogP contribution in [0.4, 0.5) is 11.4 Å². The molecule has 0 bridgehead atoms.